The summed E-state index contributed by atoms with van der Waals surface area (Å²) in [6.07, 6.45) is 3.46. The van der Waals surface area contributed by atoms with Crippen molar-refractivity contribution in [2.45, 2.75) is 19.8 Å². The molecular formula is C10H16N2O4S. The van der Waals surface area contributed by atoms with Gasteiger partial charge in [0, 0.05) is 6.07 Å². The molecule has 6 nitrogen and oxygen atoms in total. The van der Waals surface area contributed by atoms with Crippen LogP contribution in [0.15, 0.2) is 18.3 Å². The lowest BCUT2D eigenvalue weighted by molar-refractivity contribution is 0.298. The van der Waals surface area contributed by atoms with Crippen molar-refractivity contribution in [3.8, 4) is 5.88 Å². The van der Waals surface area contributed by atoms with Gasteiger partial charge in [0.2, 0.25) is 5.88 Å². The fourth-order valence-corrected chi connectivity index (χ4v) is 1.41. The highest BCUT2D eigenvalue weighted by molar-refractivity contribution is 7.85. The third-order valence-electron chi connectivity index (χ3n) is 1.94. The van der Waals surface area contributed by atoms with Crippen LogP contribution in [0.3, 0.4) is 0 Å². The van der Waals surface area contributed by atoms with Gasteiger partial charge in [-0.15, -0.1) is 0 Å². The van der Waals surface area contributed by atoms with Gasteiger partial charge in [-0.05, 0) is 12.5 Å². The molecule has 0 fully saturated rings. The lowest BCUT2D eigenvalue weighted by atomic mass is 10.4. The summed E-state index contributed by atoms with van der Waals surface area (Å²) in [5.41, 5.74) is 0.505. The molecule has 1 aromatic rings. The van der Waals surface area contributed by atoms with Crippen molar-refractivity contribution in [2.24, 2.45) is 0 Å². The molecule has 1 aromatic heterocycles. The third kappa shape index (κ3) is 6.08. The van der Waals surface area contributed by atoms with E-state index in [1.54, 1.807) is 12.1 Å². The molecule has 0 aliphatic heterocycles. The van der Waals surface area contributed by atoms with Gasteiger partial charge in [-0.2, -0.15) is 8.42 Å². The van der Waals surface area contributed by atoms with Gasteiger partial charge in [0.1, 0.15) is 5.88 Å². The van der Waals surface area contributed by atoms with E-state index in [2.05, 4.69) is 17.2 Å². The Labute approximate surface area is 101 Å². The molecule has 0 saturated carbocycles. The molecule has 0 amide bonds. The lowest BCUT2D eigenvalue weighted by Gasteiger charge is -2.06. The summed E-state index contributed by atoms with van der Waals surface area (Å²) >= 11 is 0. The predicted octanol–water partition coefficient (Wildman–Crippen LogP) is 1.52. The van der Waals surface area contributed by atoms with E-state index in [1.165, 1.54) is 6.20 Å². The number of hydrogen-bond acceptors (Lipinski definition) is 5. The van der Waals surface area contributed by atoms with Crippen molar-refractivity contribution in [3.05, 3.63) is 18.3 Å². The molecule has 1 rings (SSSR count). The molecule has 0 aromatic carbocycles. The molecular weight excluding hydrogens is 244 g/mol. The first kappa shape index (κ1) is 13.7. The van der Waals surface area contributed by atoms with Crippen LogP contribution in [0.4, 0.5) is 5.69 Å². The maximum atomic E-state index is 10.5. The Hall–Kier alpha value is -1.34. The highest BCUT2D eigenvalue weighted by Gasteiger charge is 2.03. The molecule has 1 heterocycles. The van der Waals surface area contributed by atoms with Crippen LogP contribution >= 0.6 is 0 Å². The minimum atomic E-state index is -4.02. The van der Waals surface area contributed by atoms with Gasteiger partial charge in [0.15, 0.2) is 0 Å². The van der Waals surface area contributed by atoms with Crippen LogP contribution in [0, 0.1) is 0 Å². The second-order valence-corrected chi connectivity index (χ2v) is 4.94. The van der Waals surface area contributed by atoms with Crippen molar-refractivity contribution in [2.75, 3.05) is 17.8 Å². The number of anilines is 1. The van der Waals surface area contributed by atoms with Gasteiger partial charge in [-0.3, -0.25) is 4.55 Å². The first-order valence-corrected chi connectivity index (χ1v) is 6.90. The maximum absolute atomic E-state index is 10.5. The Bertz CT molecular complexity index is 430. The fraction of sp³-hybridized carbons (Fsp3) is 0.500. The molecule has 17 heavy (non-hydrogen) atoms. The first-order valence-electron chi connectivity index (χ1n) is 5.29. The highest BCUT2D eigenvalue weighted by atomic mass is 32.2. The average molecular weight is 260 g/mol. The number of ether oxygens (including phenoxy) is 1. The van der Waals surface area contributed by atoms with E-state index in [-0.39, 0.29) is 0 Å². The molecule has 0 atom stereocenters. The van der Waals surface area contributed by atoms with Crippen LogP contribution in [0.25, 0.3) is 0 Å². The van der Waals surface area contributed by atoms with Crippen molar-refractivity contribution in [1.29, 1.82) is 0 Å². The average Bonchev–Trinajstić information content (AvgIpc) is 2.27. The number of nitrogens with one attached hydrogen (secondary N) is 1. The van der Waals surface area contributed by atoms with Crippen molar-refractivity contribution < 1.29 is 17.7 Å². The van der Waals surface area contributed by atoms with Crippen molar-refractivity contribution in [3.63, 3.8) is 0 Å². The van der Waals surface area contributed by atoms with Crippen molar-refractivity contribution >= 4 is 15.8 Å². The van der Waals surface area contributed by atoms with Crippen molar-refractivity contribution in [1.82, 2.24) is 4.98 Å². The van der Waals surface area contributed by atoms with E-state index in [0.717, 1.165) is 12.8 Å². The Balaban J connectivity index is 2.44. The summed E-state index contributed by atoms with van der Waals surface area (Å²) in [6, 6.07) is 3.28. The van der Waals surface area contributed by atoms with Gasteiger partial charge in [-0.1, -0.05) is 13.3 Å². The molecule has 0 bridgehead atoms. The second-order valence-electron chi connectivity index (χ2n) is 3.49. The fourth-order valence-electron chi connectivity index (χ4n) is 1.07. The minimum absolute atomic E-state index is 0.496. The number of unbranched alkanes of at least 4 members (excludes halogenated alkanes) is 1. The monoisotopic (exact) mass is 260 g/mol. The summed E-state index contributed by atoms with van der Waals surface area (Å²) in [5.74, 6) is -0.0408. The van der Waals surface area contributed by atoms with E-state index < -0.39 is 16.0 Å². The molecule has 0 aliphatic carbocycles. The molecule has 0 aliphatic rings. The van der Waals surface area contributed by atoms with Gasteiger partial charge in [0.05, 0.1) is 18.5 Å². The predicted molar refractivity (Wildman–Crippen MR) is 64.7 cm³/mol. The molecule has 0 radical (unpaired) electrons. The van der Waals surface area contributed by atoms with Crippen LogP contribution in [-0.2, 0) is 10.1 Å². The van der Waals surface area contributed by atoms with E-state index in [1.807, 2.05) is 0 Å². The molecule has 0 saturated heterocycles. The normalized spacial score (nSPS) is 11.2. The number of nitrogens with zero attached hydrogens (tertiary/aromatic N) is 1. The van der Waals surface area contributed by atoms with Gasteiger partial charge in [0.25, 0.3) is 10.1 Å². The quantitative estimate of drug-likeness (QED) is 0.570. The summed E-state index contributed by atoms with van der Waals surface area (Å²) in [4.78, 5) is 3.99. The van der Waals surface area contributed by atoms with Gasteiger partial charge >= 0.3 is 0 Å². The van der Waals surface area contributed by atoms with Gasteiger partial charge in [-0.25, -0.2) is 4.98 Å². The first-order chi connectivity index (χ1) is 8.01. The topological polar surface area (TPSA) is 88.5 Å². The van der Waals surface area contributed by atoms with Crippen LogP contribution in [0.2, 0.25) is 0 Å². The van der Waals surface area contributed by atoms with Crippen LogP contribution in [-0.4, -0.2) is 30.4 Å². The molecule has 2 N–H and O–H groups in total. The summed E-state index contributed by atoms with van der Waals surface area (Å²) < 4.78 is 34.9. The standard InChI is InChI=1S/C10H16N2O4S/c1-2-3-6-16-10-5-4-9(7-11-10)12-8-17(13,14)15/h4-5,7,12H,2-3,6,8H2,1H3,(H,13,14,15). The largest absolute Gasteiger partial charge is 0.478 e. The number of pyridine rings is 1. The summed E-state index contributed by atoms with van der Waals surface area (Å²) in [7, 11) is -4.02. The zero-order valence-electron chi connectivity index (χ0n) is 9.59. The molecule has 0 unspecified atom stereocenters. The Morgan fingerprint density at radius 1 is 1.47 bits per heavy atom. The number of hydrogen-bond donors (Lipinski definition) is 2. The smallest absolute Gasteiger partial charge is 0.283 e. The molecule has 96 valence electrons. The minimum Gasteiger partial charge on any atom is -0.478 e. The lowest BCUT2D eigenvalue weighted by Crippen LogP contribution is -2.13. The second kappa shape index (κ2) is 6.41. The van der Waals surface area contributed by atoms with Crippen LogP contribution in [0.1, 0.15) is 19.8 Å². The van der Waals surface area contributed by atoms with E-state index in [9.17, 15) is 8.42 Å². The third-order valence-corrected chi connectivity index (χ3v) is 2.45. The SMILES string of the molecule is CCCCOc1ccc(NCS(=O)(=O)O)cn1. The van der Waals surface area contributed by atoms with Crippen LogP contribution < -0.4 is 10.1 Å². The molecule has 7 heteroatoms. The zero-order valence-corrected chi connectivity index (χ0v) is 10.4. The summed E-state index contributed by atoms with van der Waals surface area (Å²) in [6.45, 7) is 2.68. The van der Waals surface area contributed by atoms with E-state index >= 15 is 0 Å². The Morgan fingerprint density at radius 2 is 2.24 bits per heavy atom. The van der Waals surface area contributed by atoms with Gasteiger partial charge < -0.3 is 10.1 Å². The maximum Gasteiger partial charge on any atom is 0.283 e. The van der Waals surface area contributed by atoms with E-state index in [4.69, 9.17) is 9.29 Å². The zero-order chi connectivity index (χ0) is 12.7. The van der Waals surface area contributed by atoms with E-state index in [0.29, 0.717) is 18.2 Å². The number of rotatable bonds is 7. The molecule has 0 spiro atoms. The Morgan fingerprint density at radius 3 is 2.76 bits per heavy atom. The summed E-state index contributed by atoms with van der Waals surface area (Å²) in [5, 5.41) is 2.52. The van der Waals surface area contributed by atoms with Crippen LogP contribution in [0.5, 0.6) is 5.88 Å². The number of aromatic nitrogens is 1. The Kier molecular flexibility index (Phi) is 5.17. The highest BCUT2D eigenvalue weighted by Crippen LogP contribution is 2.11.